The van der Waals surface area contributed by atoms with Crippen molar-refractivity contribution in [3.63, 3.8) is 0 Å². The highest BCUT2D eigenvalue weighted by Gasteiger charge is 2.23. The molecule has 7 nitrogen and oxygen atoms in total. The zero-order valence-electron chi connectivity index (χ0n) is 15.5. The Hall–Kier alpha value is -2.57. The minimum atomic E-state index is -0.460. The third-order valence-corrected chi connectivity index (χ3v) is 5.07. The van der Waals surface area contributed by atoms with Crippen molar-refractivity contribution < 1.29 is 9.21 Å². The van der Waals surface area contributed by atoms with Gasteiger partial charge in [0.15, 0.2) is 0 Å². The number of nitrogens with two attached hydrogens (primary N) is 1. The van der Waals surface area contributed by atoms with E-state index in [0.29, 0.717) is 17.4 Å². The predicted molar refractivity (Wildman–Crippen MR) is 99.6 cm³/mol. The summed E-state index contributed by atoms with van der Waals surface area (Å²) < 4.78 is 6.66. The molecule has 1 aliphatic carbocycles. The van der Waals surface area contributed by atoms with Crippen LogP contribution in [-0.2, 0) is 11.3 Å². The fraction of sp³-hybridized carbons (Fsp3) is 0.526. The molecule has 7 heteroatoms. The maximum atomic E-state index is 12.4. The van der Waals surface area contributed by atoms with Crippen LogP contribution in [0.5, 0.6) is 0 Å². The number of amides is 1. The Bertz CT molecular complexity index is 868. The lowest BCUT2D eigenvalue weighted by Gasteiger charge is -2.29. The third-order valence-electron chi connectivity index (χ3n) is 5.07. The van der Waals surface area contributed by atoms with Gasteiger partial charge >= 0.3 is 0 Å². The Morgan fingerprint density at radius 3 is 2.73 bits per heavy atom. The minimum Gasteiger partial charge on any atom is -0.466 e. The second kappa shape index (κ2) is 7.35. The molecule has 2 aromatic rings. The number of anilines is 1. The summed E-state index contributed by atoms with van der Waals surface area (Å²) in [4.78, 5) is 24.7. The quantitative estimate of drug-likeness (QED) is 0.873. The fourth-order valence-corrected chi connectivity index (χ4v) is 3.61. The first-order valence-corrected chi connectivity index (χ1v) is 9.09. The monoisotopic (exact) mass is 358 g/mol. The van der Waals surface area contributed by atoms with E-state index in [2.05, 4.69) is 17.3 Å². The van der Waals surface area contributed by atoms with Crippen LogP contribution in [0.25, 0.3) is 11.3 Å². The Kier molecular flexibility index (Phi) is 5.15. The second-order valence-corrected chi connectivity index (χ2v) is 7.21. The van der Waals surface area contributed by atoms with Gasteiger partial charge in [0.05, 0.1) is 5.69 Å². The molecule has 1 aliphatic rings. The maximum absolute atomic E-state index is 12.4. The SMILES string of the molecule is Cc1cc(-c2cc(N)c(=O)n(CC(=O)N[C@H]3CCCC[C@@H]3C)n2)c(C)o1. The van der Waals surface area contributed by atoms with Crippen molar-refractivity contribution in [2.24, 2.45) is 5.92 Å². The summed E-state index contributed by atoms with van der Waals surface area (Å²) in [5, 5.41) is 7.37. The molecule has 3 N–H and O–H groups in total. The number of aromatic nitrogens is 2. The standard InChI is InChI=1S/C19H26N4O3/c1-11-6-4-5-7-16(11)21-18(24)10-23-19(25)15(20)9-17(22-23)14-8-12(2)26-13(14)3/h8-9,11,16H,4-7,10,20H2,1-3H3,(H,21,24)/t11-,16-/m0/s1. The Morgan fingerprint density at radius 2 is 2.08 bits per heavy atom. The summed E-state index contributed by atoms with van der Waals surface area (Å²) in [5.41, 5.74) is 6.76. The van der Waals surface area contributed by atoms with E-state index >= 15 is 0 Å². The molecule has 2 atom stereocenters. The second-order valence-electron chi connectivity index (χ2n) is 7.21. The van der Waals surface area contributed by atoms with E-state index in [1.165, 1.54) is 12.5 Å². The number of nitrogen functional groups attached to an aromatic ring is 1. The van der Waals surface area contributed by atoms with E-state index < -0.39 is 5.56 Å². The van der Waals surface area contributed by atoms with Crippen LogP contribution in [0, 0.1) is 19.8 Å². The van der Waals surface area contributed by atoms with Gasteiger partial charge in [0.25, 0.3) is 5.56 Å². The molecule has 2 aromatic heterocycles. The van der Waals surface area contributed by atoms with Crippen LogP contribution in [0.4, 0.5) is 5.69 Å². The molecular formula is C19H26N4O3. The van der Waals surface area contributed by atoms with Crippen molar-refractivity contribution in [3.05, 3.63) is 34.0 Å². The number of nitrogens with one attached hydrogen (secondary N) is 1. The number of hydrogen-bond donors (Lipinski definition) is 2. The molecule has 0 saturated heterocycles. The van der Waals surface area contributed by atoms with Gasteiger partial charge in [-0.25, -0.2) is 4.68 Å². The van der Waals surface area contributed by atoms with Gasteiger partial charge in [0.2, 0.25) is 5.91 Å². The Balaban J connectivity index is 1.82. The molecule has 26 heavy (non-hydrogen) atoms. The molecule has 1 amide bonds. The first-order valence-electron chi connectivity index (χ1n) is 9.09. The molecule has 1 fully saturated rings. The van der Waals surface area contributed by atoms with Crippen LogP contribution in [0.2, 0.25) is 0 Å². The number of furan rings is 1. The zero-order chi connectivity index (χ0) is 18.8. The van der Waals surface area contributed by atoms with E-state index in [1.807, 2.05) is 19.9 Å². The lowest BCUT2D eigenvalue weighted by molar-refractivity contribution is -0.123. The molecule has 140 valence electrons. The topological polar surface area (TPSA) is 103 Å². The van der Waals surface area contributed by atoms with Crippen LogP contribution >= 0.6 is 0 Å². The van der Waals surface area contributed by atoms with Gasteiger partial charge in [-0.2, -0.15) is 5.10 Å². The van der Waals surface area contributed by atoms with Crippen molar-refractivity contribution in [1.29, 1.82) is 0 Å². The van der Waals surface area contributed by atoms with Gasteiger partial charge in [-0.1, -0.05) is 19.8 Å². The summed E-state index contributed by atoms with van der Waals surface area (Å²) in [7, 11) is 0. The number of carbonyl (C=O) groups is 1. The van der Waals surface area contributed by atoms with Crippen LogP contribution in [0.3, 0.4) is 0 Å². The highest BCUT2D eigenvalue weighted by Crippen LogP contribution is 2.25. The molecule has 2 heterocycles. The van der Waals surface area contributed by atoms with E-state index in [9.17, 15) is 9.59 Å². The average molecular weight is 358 g/mol. The number of hydrogen-bond acceptors (Lipinski definition) is 5. The van der Waals surface area contributed by atoms with Gasteiger partial charge in [0.1, 0.15) is 23.8 Å². The van der Waals surface area contributed by atoms with Crippen molar-refractivity contribution in [2.75, 3.05) is 5.73 Å². The van der Waals surface area contributed by atoms with Crippen molar-refractivity contribution >= 4 is 11.6 Å². The number of carbonyl (C=O) groups excluding carboxylic acids is 1. The van der Waals surface area contributed by atoms with Crippen molar-refractivity contribution in [3.8, 4) is 11.3 Å². The highest BCUT2D eigenvalue weighted by molar-refractivity contribution is 5.76. The van der Waals surface area contributed by atoms with Crippen LogP contribution in [-0.4, -0.2) is 21.7 Å². The van der Waals surface area contributed by atoms with Crippen molar-refractivity contribution in [1.82, 2.24) is 15.1 Å². The molecule has 3 rings (SSSR count). The smallest absolute Gasteiger partial charge is 0.290 e. The summed E-state index contributed by atoms with van der Waals surface area (Å²) >= 11 is 0. The van der Waals surface area contributed by atoms with E-state index in [1.54, 1.807) is 0 Å². The molecule has 0 aromatic carbocycles. The maximum Gasteiger partial charge on any atom is 0.290 e. The van der Waals surface area contributed by atoms with Crippen LogP contribution in [0.1, 0.15) is 44.1 Å². The van der Waals surface area contributed by atoms with Gasteiger partial charge in [0, 0.05) is 11.6 Å². The summed E-state index contributed by atoms with van der Waals surface area (Å²) in [6.45, 7) is 5.68. The van der Waals surface area contributed by atoms with Gasteiger partial charge in [-0.05, 0) is 44.7 Å². The highest BCUT2D eigenvalue weighted by atomic mass is 16.3. The van der Waals surface area contributed by atoms with Crippen molar-refractivity contribution in [2.45, 2.75) is 59.0 Å². The summed E-state index contributed by atoms with van der Waals surface area (Å²) in [5.74, 6) is 1.68. The molecular weight excluding hydrogens is 332 g/mol. The Morgan fingerprint density at radius 1 is 1.35 bits per heavy atom. The normalized spacial score (nSPS) is 20.1. The van der Waals surface area contributed by atoms with Gasteiger partial charge < -0.3 is 15.5 Å². The van der Waals surface area contributed by atoms with Crippen LogP contribution in [0.15, 0.2) is 21.3 Å². The molecule has 0 unspecified atom stereocenters. The summed E-state index contributed by atoms with van der Waals surface area (Å²) in [6.07, 6.45) is 4.42. The lowest BCUT2D eigenvalue weighted by atomic mass is 9.86. The lowest BCUT2D eigenvalue weighted by Crippen LogP contribution is -2.44. The number of nitrogens with zero attached hydrogens (tertiary/aromatic N) is 2. The molecule has 1 saturated carbocycles. The predicted octanol–water partition coefficient (Wildman–Crippen LogP) is 2.40. The van der Waals surface area contributed by atoms with E-state index in [0.717, 1.165) is 35.3 Å². The Labute approximate surface area is 152 Å². The van der Waals surface area contributed by atoms with E-state index in [-0.39, 0.29) is 24.2 Å². The number of aryl methyl sites for hydroxylation is 2. The summed E-state index contributed by atoms with van der Waals surface area (Å²) in [6, 6.07) is 3.53. The minimum absolute atomic E-state index is 0.0621. The van der Waals surface area contributed by atoms with Gasteiger partial charge in [-0.3, -0.25) is 9.59 Å². The first kappa shape index (κ1) is 18.2. The first-order chi connectivity index (χ1) is 12.3. The number of rotatable bonds is 4. The molecule has 0 aliphatic heterocycles. The van der Waals surface area contributed by atoms with Gasteiger partial charge in [-0.15, -0.1) is 0 Å². The third kappa shape index (κ3) is 3.81. The molecule has 0 radical (unpaired) electrons. The van der Waals surface area contributed by atoms with E-state index in [4.69, 9.17) is 10.2 Å². The largest absolute Gasteiger partial charge is 0.466 e. The molecule has 0 bridgehead atoms. The zero-order valence-corrected chi connectivity index (χ0v) is 15.5. The van der Waals surface area contributed by atoms with Crippen LogP contribution < -0.4 is 16.6 Å². The average Bonchev–Trinajstić information content (AvgIpc) is 2.92. The fourth-order valence-electron chi connectivity index (χ4n) is 3.61. The molecule has 0 spiro atoms.